The minimum Gasteiger partial charge on any atom is -0.469 e. The molecule has 0 aliphatic carbocycles. The van der Waals surface area contributed by atoms with Gasteiger partial charge in [0.2, 0.25) is 17.7 Å². The van der Waals surface area contributed by atoms with Crippen molar-refractivity contribution in [1.29, 1.82) is 0 Å². The first-order chi connectivity index (χ1) is 23.5. The lowest BCUT2D eigenvalue weighted by Gasteiger charge is -2.25. The number of amides is 4. The maximum atomic E-state index is 13.7. The van der Waals surface area contributed by atoms with Gasteiger partial charge in [0, 0.05) is 37.9 Å². The number of carbonyl (C=O) groups is 5. The van der Waals surface area contributed by atoms with Crippen LogP contribution in [0.2, 0.25) is 0 Å². The van der Waals surface area contributed by atoms with Gasteiger partial charge < -0.3 is 41.2 Å². The van der Waals surface area contributed by atoms with Crippen molar-refractivity contribution in [3.05, 3.63) is 59.4 Å². The first kappa shape index (κ1) is 36.8. The molecule has 3 atom stereocenters. The summed E-state index contributed by atoms with van der Waals surface area (Å²) in [6.45, 7) is 4.85. The normalized spacial score (nSPS) is 15.4. The van der Waals surface area contributed by atoms with Crippen LogP contribution in [0.5, 0.6) is 0 Å². The second-order valence-electron chi connectivity index (χ2n) is 12.4. The Bertz CT molecular complexity index is 1610. The number of aromatic nitrogens is 2. The van der Waals surface area contributed by atoms with Crippen LogP contribution in [-0.4, -0.2) is 94.7 Å². The number of para-hydroxylation sites is 2. The Balaban J connectivity index is 1.43. The van der Waals surface area contributed by atoms with Gasteiger partial charge in [0.15, 0.2) is 0 Å². The molecule has 49 heavy (non-hydrogen) atoms. The summed E-state index contributed by atoms with van der Waals surface area (Å²) in [5, 5.41) is 8.81. The predicted molar refractivity (Wildman–Crippen MR) is 185 cm³/mol. The average molecular weight is 677 g/mol. The van der Waals surface area contributed by atoms with Crippen molar-refractivity contribution in [3.8, 4) is 0 Å². The molecule has 0 saturated heterocycles. The minimum atomic E-state index is -0.878. The molecule has 14 heteroatoms. The molecule has 1 aromatic heterocycles. The molecule has 0 fully saturated rings. The van der Waals surface area contributed by atoms with E-state index in [0.717, 1.165) is 17.5 Å². The molecule has 1 aliphatic heterocycles. The van der Waals surface area contributed by atoms with Crippen LogP contribution in [0.1, 0.15) is 74.1 Å². The number of benzene rings is 2. The number of hydrogen-bond acceptors (Lipinski definition) is 9. The number of fused-ring (bicyclic) bond motifs is 2. The number of imidazole rings is 1. The molecule has 6 N–H and O–H groups in total. The van der Waals surface area contributed by atoms with Gasteiger partial charge in [-0.25, -0.2) is 4.98 Å². The lowest BCUT2D eigenvalue weighted by Crippen LogP contribution is -2.51. The van der Waals surface area contributed by atoms with Crippen molar-refractivity contribution >= 4 is 46.3 Å². The SMILES string of the molecule is CCCC(NC(=O)[C@@H](N)CCC)C(=O)NCCCN1Cc2cc(C(=O)N(C)Cc3nc4ccccc4[nH]3)ccc2N[C@@H](CC(=O)OC)C1=O. The highest BCUT2D eigenvalue weighted by atomic mass is 16.5. The van der Waals surface area contributed by atoms with E-state index in [1.54, 1.807) is 35.0 Å². The number of hydrogen-bond donors (Lipinski definition) is 5. The van der Waals surface area contributed by atoms with Crippen LogP contribution in [0.4, 0.5) is 5.69 Å². The number of aromatic amines is 1. The number of ether oxygens (including phenoxy) is 1. The second-order valence-corrected chi connectivity index (χ2v) is 12.4. The Kier molecular flexibility index (Phi) is 13.1. The number of nitrogens with one attached hydrogen (secondary N) is 4. The molecule has 0 saturated carbocycles. The fourth-order valence-corrected chi connectivity index (χ4v) is 5.81. The molecule has 0 spiro atoms. The maximum Gasteiger partial charge on any atom is 0.308 e. The van der Waals surface area contributed by atoms with E-state index in [2.05, 4.69) is 25.9 Å². The summed E-state index contributed by atoms with van der Waals surface area (Å²) in [6, 6.07) is 10.6. The molecule has 2 aromatic carbocycles. The van der Waals surface area contributed by atoms with Crippen LogP contribution in [0.3, 0.4) is 0 Å². The number of esters is 1. The van der Waals surface area contributed by atoms with Crippen molar-refractivity contribution in [3.63, 3.8) is 0 Å². The van der Waals surface area contributed by atoms with E-state index in [-0.39, 0.29) is 56.2 Å². The molecule has 3 aromatic rings. The van der Waals surface area contributed by atoms with Crippen molar-refractivity contribution in [2.75, 3.05) is 32.6 Å². The standard InChI is InChI=1S/C35H48N8O6/c1-5-10-24(36)32(45)41-28(11-6-2)33(46)37-16-9-17-43-20-23-18-22(14-15-25(23)38-29(35(43)48)19-31(44)49-4)34(47)42(3)21-30-39-26-12-7-8-13-27(26)40-30/h7-8,12-15,18,24,28-29,38H,5-6,9-11,16-17,19-21,36H2,1-4H3,(H,37,46)(H,39,40)(H,41,45)/t24-,28?,29-/m0/s1. The third-order valence-corrected chi connectivity index (χ3v) is 8.47. The van der Waals surface area contributed by atoms with Crippen LogP contribution < -0.4 is 21.7 Å². The van der Waals surface area contributed by atoms with Gasteiger partial charge in [-0.05, 0) is 55.2 Å². The zero-order valence-electron chi connectivity index (χ0n) is 28.7. The monoisotopic (exact) mass is 676 g/mol. The quantitative estimate of drug-likeness (QED) is 0.112. The molecular weight excluding hydrogens is 628 g/mol. The number of anilines is 1. The highest BCUT2D eigenvalue weighted by Crippen LogP contribution is 2.26. The third kappa shape index (κ3) is 9.78. The van der Waals surface area contributed by atoms with Crippen molar-refractivity contribution in [2.45, 2.75) is 83.6 Å². The summed E-state index contributed by atoms with van der Waals surface area (Å²) in [6.07, 6.45) is 2.68. The Morgan fingerprint density at radius 3 is 2.57 bits per heavy atom. The van der Waals surface area contributed by atoms with Crippen molar-refractivity contribution in [2.24, 2.45) is 5.73 Å². The average Bonchev–Trinajstić information content (AvgIpc) is 3.45. The topological polar surface area (TPSA) is 192 Å². The van der Waals surface area contributed by atoms with Gasteiger partial charge in [0.25, 0.3) is 5.91 Å². The van der Waals surface area contributed by atoms with E-state index in [1.807, 2.05) is 38.1 Å². The Morgan fingerprint density at radius 2 is 1.86 bits per heavy atom. The summed E-state index contributed by atoms with van der Waals surface area (Å²) in [4.78, 5) is 75.8. The number of carbonyl (C=O) groups excluding carboxylic acids is 5. The molecule has 0 bridgehead atoms. The summed E-state index contributed by atoms with van der Waals surface area (Å²) >= 11 is 0. The van der Waals surface area contributed by atoms with Gasteiger partial charge in [-0.15, -0.1) is 0 Å². The molecule has 2 heterocycles. The molecule has 1 aliphatic rings. The summed E-state index contributed by atoms with van der Waals surface area (Å²) in [5.41, 5.74) is 9.42. The zero-order chi connectivity index (χ0) is 35.5. The van der Waals surface area contributed by atoms with E-state index in [4.69, 9.17) is 10.5 Å². The van der Waals surface area contributed by atoms with E-state index in [9.17, 15) is 24.0 Å². The highest BCUT2D eigenvalue weighted by molar-refractivity contribution is 5.96. The van der Waals surface area contributed by atoms with Crippen LogP contribution in [-0.2, 0) is 37.0 Å². The van der Waals surface area contributed by atoms with Crippen molar-refractivity contribution in [1.82, 2.24) is 30.4 Å². The Labute approximate surface area is 286 Å². The van der Waals surface area contributed by atoms with E-state index in [1.165, 1.54) is 7.11 Å². The van der Waals surface area contributed by atoms with Gasteiger partial charge in [-0.3, -0.25) is 24.0 Å². The van der Waals surface area contributed by atoms with Gasteiger partial charge in [-0.1, -0.05) is 38.8 Å². The van der Waals surface area contributed by atoms with E-state index >= 15 is 0 Å². The van der Waals surface area contributed by atoms with E-state index in [0.29, 0.717) is 48.3 Å². The molecule has 0 radical (unpaired) electrons. The predicted octanol–water partition coefficient (Wildman–Crippen LogP) is 2.44. The molecule has 4 amide bonds. The molecule has 4 rings (SSSR count). The van der Waals surface area contributed by atoms with Gasteiger partial charge in [-0.2, -0.15) is 0 Å². The van der Waals surface area contributed by atoms with Gasteiger partial charge >= 0.3 is 5.97 Å². The number of nitrogens with zero attached hydrogens (tertiary/aromatic N) is 3. The third-order valence-electron chi connectivity index (χ3n) is 8.47. The smallest absolute Gasteiger partial charge is 0.308 e. The summed E-state index contributed by atoms with van der Waals surface area (Å²) < 4.78 is 4.84. The number of methoxy groups -OCH3 is 1. The molecular formula is C35H48N8O6. The second kappa shape index (κ2) is 17.4. The summed E-state index contributed by atoms with van der Waals surface area (Å²) in [7, 11) is 2.97. The van der Waals surface area contributed by atoms with Gasteiger partial charge in [0.1, 0.15) is 17.9 Å². The lowest BCUT2D eigenvalue weighted by atomic mass is 10.1. The van der Waals surface area contributed by atoms with E-state index < -0.39 is 24.1 Å². The van der Waals surface area contributed by atoms with Crippen LogP contribution >= 0.6 is 0 Å². The van der Waals surface area contributed by atoms with Crippen LogP contribution in [0, 0.1) is 0 Å². The number of rotatable bonds is 16. The zero-order valence-corrected chi connectivity index (χ0v) is 28.7. The molecule has 1 unspecified atom stereocenters. The largest absolute Gasteiger partial charge is 0.469 e. The number of H-pyrrole nitrogens is 1. The molecule has 14 nitrogen and oxygen atoms in total. The van der Waals surface area contributed by atoms with Gasteiger partial charge in [0.05, 0.1) is 37.2 Å². The van der Waals surface area contributed by atoms with Crippen LogP contribution in [0.25, 0.3) is 11.0 Å². The number of nitrogens with two attached hydrogens (primary N) is 1. The first-order valence-electron chi connectivity index (χ1n) is 16.8. The van der Waals surface area contributed by atoms with Crippen LogP contribution in [0.15, 0.2) is 42.5 Å². The fourth-order valence-electron chi connectivity index (χ4n) is 5.81. The highest BCUT2D eigenvalue weighted by Gasteiger charge is 2.32. The minimum absolute atomic E-state index is 0.179. The maximum absolute atomic E-state index is 13.7. The summed E-state index contributed by atoms with van der Waals surface area (Å²) in [5.74, 6) is -1.07. The molecule has 264 valence electrons. The Hall–Kier alpha value is -4.98. The van der Waals surface area contributed by atoms with Crippen molar-refractivity contribution < 1.29 is 28.7 Å². The Morgan fingerprint density at radius 1 is 1.10 bits per heavy atom. The lowest BCUT2D eigenvalue weighted by molar-refractivity contribution is -0.144. The fraction of sp³-hybridized carbons (Fsp3) is 0.486. The first-order valence-corrected chi connectivity index (χ1v) is 16.8.